The minimum atomic E-state index is 0.436. The molecule has 0 spiro atoms. The van der Waals surface area contributed by atoms with E-state index in [0.29, 0.717) is 11.2 Å². The zero-order valence-corrected chi connectivity index (χ0v) is 12.8. The first-order valence-electron chi connectivity index (χ1n) is 7.27. The molecular weight excluding hydrogens is 284 g/mol. The Labute approximate surface area is 130 Å². The molecule has 21 heavy (non-hydrogen) atoms. The van der Waals surface area contributed by atoms with Crippen LogP contribution in [0.4, 0.5) is 11.5 Å². The molecule has 1 aliphatic heterocycles. The van der Waals surface area contributed by atoms with E-state index >= 15 is 0 Å². The molecule has 1 fully saturated rings. The largest absolute Gasteiger partial charge is 0.380 e. The second-order valence-corrected chi connectivity index (χ2v) is 5.80. The van der Waals surface area contributed by atoms with Gasteiger partial charge in [0.2, 0.25) is 0 Å². The average molecular weight is 303 g/mol. The summed E-state index contributed by atoms with van der Waals surface area (Å²) < 4.78 is 0. The number of aryl methyl sites for hydroxylation is 1. The number of hydrogen-bond donors (Lipinski definition) is 1. The standard InChI is InChI=1S/C16H19ClN4/c1-12-10-14(16(17)19-11-12)20-13-5-8-21(9-6-13)15-4-2-3-7-18-15/h2-4,7,10-11,13,20H,5-6,8-9H2,1H3. The summed E-state index contributed by atoms with van der Waals surface area (Å²) in [6, 6.07) is 8.54. The normalized spacial score (nSPS) is 16.0. The molecule has 2 aromatic rings. The molecule has 3 rings (SSSR count). The van der Waals surface area contributed by atoms with Gasteiger partial charge in [0.05, 0.1) is 5.69 Å². The minimum absolute atomic E-state index is 0.436. The molecule has 0 aliphatic carbocycles. The number of nitrogens with one attached hydrogen (secondary N) is 1. The molecule has 4 nitrogen and oxygen atoms in total. The second kappa shape index (κ2) is 6.31. The van der Waals surface area contributed by atoms with Crippen molar-refractivity contribution in [2.75, 3.05) is 23.3 Å². The fraction of sp³-hybridized carbons (Fsp3) is 0.375. The highest BCUT2D eigenvalue weighted by Crippen LogP contribution is 2.24. The molecular formula is C16H19ClN4. The lowest BCUT2D eigenvalue weighted by atomic mass is 10.0. The molecule has 3 heterocycles. The van der Waals surface area contributed by atoms with Crippen LogP contribution in [0.15, 0.2) is 36.7 Å². The van der Waals surface area contributed by atoms with Crippen molar-refractivity contribution < 1.29 is 0 Å². The summed E-state index contributed by atoms with van der Waals surface area (Å²) in [5.41, 5.74) is 2.06. The van der Waals surface area contributed by atoms with E-state index < -0.39 is 0 Å². The van der Waals surface area contributed by atoms with Gasteiger partial charge in [-0.2, -0.15) is 0 Å². The van der Waals surface area contributed by atoms with E-state index in [1.54, 1.807) is 6.20 Å². The van der Waals surface area contributed by atoms with Gasteiger partial charge in [0.1, 0.15) is 5.82 Å². The third-order valence-electron chi connectivity index (χ3n) is 3.80. The van der Waals surface area contributed by atoms with E-state index in [2.05, 4.69) is 32.3 Å². The van der Waals surface area contributed by atoms with E-state index in [4.69, 9.17) is 11.6 Å². The summed E-state index contributed by atoms with van der Waals surface area (Å²) in [7, 11) is 0. The van der Waals surface area contributed by atoms with Gasteiger partial charge in [-0.3, -0.25) is 0 Å². The Kier molecular flexibility index (Phi) is 4.25. The number of halogens is 1. The van der Waals surface area contributed by atoms with Gasteiger partial charge in [0.25, 0.3) is 0 Å². The van der Waals surface area contributed by atoms with Gasteiger partial charge in [0.15, 0.2) is 5.15 Å². The zero-order chi connectivity index (χ0) is 14.7. The monoisotopic (exact) mass is 302 g/mol. The molecule has 0 bridgehead atoms. The number of rotatable bonds is 3. The molecule has 1 N–H and O–H groups in total. The summed E-state index contributed by atoms with van der Waals surface area (Å²) in [5, 5.41) is 4.07. The maximum absolute atomic E-state index is 6.15. The molecule has 0 amide bonds. The topological polar surface area (TPSA) is 41.1 Å². The molecule has 1 aliphatic rings. The van der Waals surface area contributed by atoms with E-state index in [0.717, 1.165) is 43.0 Å². The Balaban J connectivity index is 1.60. The molecule has 0 aromatic carbocycles. The Hall–Kier alpha value is -1.81. The summed E-state index contributed by atoms with van der Waals surface area (Å²) in [6.45, 7) is 4.04. The second-order valence-electron chi connectivity index (χ2n) is 5.44. The number of pyridine rings is 2. The van der Waals surface area contributed by atoms with Crippen LogP contribution in [0.25, 0.3) is 0 Å². The number of piperidine rings is 1. The molecule has 1 saturated heterocycles. The van der Waals surface area contributed by atoms with Crippen molar-refractivity contribution in [2.45, 2.75) is 25.8 Å². The summed E-state index contributed by atoms with van der Waals surface area (Å²) >= 11 is 6.15. The quantitative estimate of drug-likeness (QED) is 0.881. The smallest absolute Gasteiger partial charge is 0.152 e. The maximum atomic E-state index is 6.15. The van der Waals surface area contributed by atoms with Crippen molar-refractivity contribution in [1.82, 2.24) is 9.97 Å². The van der Waals surface area contributed by atoms with Crippen LogP contribution < -0.4 is 10.2 Å². The Morgan fingerprint density at radius 1 is 1.24 bits per heavy atom. The maximum Gasteiger partial charge on any atom is 0.152 e. The summed E-state index contributed by atoms with van der Waals surface area (Å²) in [4.78, 5) is 10.9. The SMILES string of the molecule is Cc1cnc(Cl)c(NC2CCN(c3ccccn3)CC2)c1. The van der Waals surface area contributed by atoms with Crippen molar-refractivity contribution in [3.8, 4) is 0 Å². The van der Waals surface area contributed by atoms with Crippen LogP contribution in [0.5, 0.6) is 0 Å². The number of anilines is 2. The number of aromatic nitrogens is 2. The first-order valence-corrected chi connectivity index (χ1v) is 7.65. The molecule has 0 radical (unpaired) electrons. The van der Waals surface area contributed by atoms with Crippen LogP contribution in [0.1, 0.15) is 18.4 Å². The highest BCUT2D eigenvalue weighted by atomic mass is 35.5. The first kappa shape index (κ1) is 14.1. The van der Waals surface area contributed by atoms with Crippen molar-refractivity contribution in [3.05, 3.63) is 47.4 Å². The highest BCUT2D eigenvalue weighted by Gasteiger charge is 2.20. The van der Waals surface area contributed by atoms with Gasteiger partial charge in [0, 0.05) is 31.5 Å². The van der Waals surface area contributed by atoms with Crippen LogP contribution in [0.3, 0.4) is 0 Å². The predicted octanol–water partition coefficient (Wildman–Crippen LogP) is 3.52. The average Bonchev–Trinajstić information content (AvgIpc) is 2.53. The molecule has 0 saturated carbocycles. The van der Waals surface area contributed by atoms with Crippen LogP contribution in [0.2, 0.25) is 5.15 Å². The highest BCUT2D eigenvalue weighted by molar-refractivity contribution is 6.31. The van der Waals surface area contributed by atoms with Crippen LogP contribution >= 0.6 is 11.6 Å². The lowest BCUT2D eigenvalue weighted by Crippen LogP contribution is -2.39. The van der Waals surface area contributed by atoms with Gasteiger partial charge in [-0.1, -0.05) is 17.7 Å². The van der Waals surface area contributed by atoms with Crippen molar-refractivity contribution in [2.24, 2.45) is 0 Å². The molecule has 110 valence electrons. The van der Waals surface area contributed by atoms with E-state index in [9.17, 15) is 0 Å². The molecule has 0 atom stereocenters. The zero-order valence-electron chi connectivity index (χ0n) is 12.1. The third-order valence-corrected chi connectivity index (χ3v) is 4.10. The van der Waals surface area contributed by atoms with Gasteiger partial charge in [-0.15, -0.1) is 0 Å². The lowest BCUT2D eigenvalue weighted by Gasteiger charge is -2.33. The van der Waals surface area contributed by atoms with Crippen LogP contribution in [0, 0.1) is 6.92 Å². The Morgan fingerprint density at radius 2 is 2.05 bits per heavy atom. The van der Waals surface area contributed by atoms with Crippen LogP contribution in [-0.2, 0) is 0 Å². The fourth-order valence-corrected chi connectivity index (χ4v) is 2.83. The first-order chi connectivity index (χ1) is 10.2. The summed E-state index contributed by atoms with van der Waals surface area (Å²) in [6.07, 6.45) is 5.77. The van der Waals surface area contributed by atoms with Gasteiger partial charge < -0.3 is 10.2 Å². The fourth-order valence-electron chi connectivity index (χ4n) is 2.67. The third kappa shape index (κ3) is 3.45. The van der Waals surface area contributed by atoms with E-state index in [-0.39, 0.29) is 0 Å². The van der Waals surface area contributed by atoms with Crippen LogP contribution in [-0.4, -0.2) is 29.1 Å². The van der Waals surface area contributed by atoms with Crippen molar-refractivity contribution in [1.29, 1.82) is 0 Å². The van der Waals surface area contributed by atoms with Crippen molar-refractivity contribution in [3.63, 3.8) is 0 Å². The number of nitrogens with zero attached hydrogens (tertiary/aromatic N) is 3. The van der Waals surface area contributed by atoms with Crippen molar-refractivity contribution >= 4 is 23.1 Å². The molecule has 0 unspecified atom stereocenters. The molecule has 5 heteroatoms. The Morgan fingerprint density at radius 3 is 2.76 bits per heavy atom. The predicted molar refractivity (Wildman–Crippen MR) is 87.1 cm³/mol. The number of hydrogen-bond acceptors (Lipinski definition) is 4. The van der Waals surface area contributed by atoms with Gasteiger partial charge >= 0.3 is 0 Å². The lowest BCUT2D eigenvalue weighted by molar-refractivity contribution is 0.523. The summed E-state index contributed by atoms with van der Waals surface area (Å²) in [5.74, 6) is 1.06. The minimum Gasteiger partial charge on any atom is -0.380 e. The Bertz CT molecular complexity index is 594. The van der Waals surface area contributed by atoms with Gasteiger partial charge in [-0.05, 0) is 43.5 Å². The van der Waals surface area contributed by atoms with E-state index in [1.165, 1.54) is 0 Å². The molecule has 2 aromatic heterocycles. The van der Waals surface area contributed by atoms with E-state index in [1.807, 2.05) is 25.3 Å². The van der Waals surface area contributed by atoms with Gasteiger partial charge in [-0.25, -0.2) is 9.97 Å².